The van der Waals surface area contributed by atoms with Crippen molar-refractivity contribution >= 4 is 17.4 Å². The third kappa shape index (κ3) is 1.70. The van der Waals surface area contributed by atoms with E-state index in [0.29, 0.717) is 11.2 Å². The van der Waals surface area contributed by atoms with E-state index >= 15 is 0 Å². The SMILES string of the molecule is CCc1nc(Cl)c(C)c(NC2C3C4CCC(C4)C23)n1. The van der Waals surface area contributed by atoms with Gasteiger partial charge in [-0.15, -0.1) is 0 Å². The fourth-order valence-electron chi connectivity index (χ4n) is 4.51. The van der Waals surface area contributed by atoms with Gasteiger partial charge in [-0.25, -0.2) is 9.97 Å². The van der Waals surface area contributed by atoms with Gasteiger partial charge in [-0.2, -0.15) is 0 Å². The van der Waals surface area contributed by atoms with E-state index in [-0.39, 0.29) is 0 Å². The van der Waals surface area contributed by atoms with Crippen molar-refractivity contribution in [3.05, 3.63) is 16.5 Å². The van der Waals surface area contributed by atoms with Crippen LogP contribution in [0.25, 0.3) is 0 Å². The van der Waals surface area contributed by atoms with E-state index in [4.69, 9.17) is 11.6 Å². The average molecular weight is 278 g/mol. The first kappa shape index (κ1) is 12.0. The molecule has 4 rings (SSSR count). The monoisotopic (exact) mass is 277 g/mol. The molecule has 0 spiro atoms. The van der Waals surface area contributed by atoms with Crippen molar-refractivity contribution in [2.45, 2.75) is 45.6 Å². The zero-order valence-corrected chi connectivity index (χ0v) is 12.2. The first-order chi connectivity index (χ1) is 9.19. The molecule has 4 unspecified atom stereocenters. The number of halogens is 1. The van der Waals surface area contributed by atoms with Crippen LogP contribution in [-0.2, 0) is 6.42 Å². The van der Waals surface area contributed by atoms with Gasteiger partial charge in [0.1, 0.15) is 16.8 Å². The van der Waals surface area contributed by atoms with E-state index in [9.17, 15) is 0 Å². The van der Waals surface area contributed by atoms with Gasteiger partial charge in [0.25, 0.3) is 0 Å². The van der Waals surface area contributed by atoms with E-state index in [0.717, 1.165) is 47.3 Å². The standard InChI is InChI=1S/C15H20ClN3/c1-3-10-17-14(16)7(2)15(18-10)19-13-11-8-4-5-9(6-8)12(11)13/h8-9,11-13H,3-6H2,1-2H3,(H,17,18,19). The summed E-state index contributed by atoms with van der Waals surface area (Å²) in [5.41, 5.74) is 0.996. The van der Waals surface area contributed by atoms with E-state index in [1.165, 1.54) is 19.3 Å². The molecule has 0 aliphatic heterocycles. The van der Waals surface area contributed by atoms with Crippen molar-refractivity contribution in [3.8, 4) is 0 Å². The number of aromatic nitrogens is 2. The maximum Gasteiger partial charge on any atom is 0.137 e. The molecule has 4 atom stereocenters. The van der Waals surface area contributed by atoms with Gasteiger partial charge in [0, 0.05) is 18.0 Å². The molecule has 19 heavy (non-hydrogen) atoms. The molecular formula is C15H20ClN3. The van der Waals surface area contributed by atoms with Crippen LogP contribution in [0.3, 0.4) is 0 Å². The van der Waals surface area contributed by atoms with Gasteiger partial charge < -0.3 is 5.32 Å². The molecule has 0 amide bonds. The van der Waals surface area contributed by atoms with Crippen molar-refractivity contribution in [1.29, 1.82) is 0 Å². The minimum atomic E-state index is 0.600. The molecule has 3 nitrogen and oxygen atoms in total. The number of aryl methyl sites for hydroxylation is 1. The van der Waals surface area contributed by atoms with Gasteiger partial charge in [0.05, 0.1) is 0 Å². The van der Waals surface area contributed by atoms with Gasteiger partial charge in [0.2, 0.25) is 0 Å². The second-order valence-electron chi connectivity index (χ2n) is 6.42. The summed E-state index contributed by atoms with van der Waals surface area (Å²) in [5.74, 6) is 5.60. The molecule has 0 aromatic carbocycles. The van der Waals surface area contributed by atoms with Crippen molar-refractivity contribution in [1.82, 2.24) is 9.97 Å². The van der Waals surface area contributed by atoms with Gasteiger partial charge >= 0.3 is 0 Å². The summed E-state index contributed by atoms with van der Waals surface area (Å²) in [6, 6.07) is 0.653. The number of fused-ring (bicyclic) bond motifs is 5. The third-order valence-electron chi connectivity index (χ3n) is 5.49. The highest BCUT2D eigenvalue weighted by atomic mass is 35.5. The molecule has 0 saturated heterocycles. The Morgan fingerprint density at radius 1 is 1.21 bits per heavy atom. The summed E-state index contributed by atoms with van der Waals surface area (Å²) in [7, 11) is 0. The lowest BCUT2D eigenvalue weighted by atomic mass is 10.0. The van der Waals surface area contributed by atoms with Gasteiger partial charge in [-0.1, -0.05) is 18.5 Å². The van der Waals surface area contributed by atoms with Crippen LogP contribution in [0, 0.1) is 30.6 Å². The van der Waals surface area contributed by atoms with Crippen molar-refractivity contribution in [2.75, 3.05) is 5.32 Å². The highest BCUT2D eigenvalue weighted by molar-refractivity contribution is 6.30. The second-order valence-corrected chi connectivity index (χ2v) is 6.77. The van der Waals surface area contributed by atoms with Crippen LogP contribution < -0.4 is 5.32 Å². The van der Waals surface area contributed by atoms with Crippen LogP contribution in [-0.4, -0.2) is 16.0 Å². The maximum absolute atomic E-state index is 6.20. The first-order valence-corrected chi connectivity index (χ1v) is 7.86. The Kier molecular flexibility index (Phi) is 2.57. The van der Waals surface area contributed by atoms with Crippen LogP contribution in [0.2, 0.25) is 5.15 Å². The Morgan fingerprint density at radius 2 is 1.89 bits per heavy atom. The van der Waals surface area contributed by atoms with Crippen LogP contribution in [0.4, 0.5) is 5.82 Å². The van der Waals surface area contributed by atoms with E-state index in [2.05, 4.69) is 22.2 Å². The van der Waals surface area contributed by atoms with Crippen molar-refractivity contribution in [2.24, 2.45) is 23.7 Å². The first-order valence-electron chi connectivity index (χ1n) is 7.48. The van der Waals surface area contributed by atoms with Gasteiger partial charge in [-0.05, 0) is 49.9 Å². The predicted octanol–water partition coefficient (Wildman–Crippen LogP) is 3.46. The number of nitrogens with one attached hydrogen (secondary N) is 1. The molecule has 2 bridgehead atoms. The summed E-state index contributed by atoms with van der Waals surface area (Å²) in [6.07, 6.45) is 5.22. The fourth-order valence-corrected chi connectivity index (χ4v) is 4.69. The fraction of sp³-hybridized carbons (Fsp3) is 0.733. The summed E-state index contributed by atoms with van der Waals surface area (Å²) in [5, 5.41) is 4.27. The molecular weight excluding hydrogens is 258 g/mol. The normalized spacial score (nSPS) is 38.4. The molecule has 0 radical (unpaired) electrons. The number of rotatable bonds is 3. The zero-order chi connectivity index (χ0) is 13.1. The average Bonchev–Trinajstić information content (AvgIpc) is 2.81. The molecule has 1 aromatic rings. The Morgan fingerprint density at radius 3 is 2.53 bits per heavy atom. The maximum atomic E-state index is 6.20. The number of anilines is 1. The zero-order valence-electron chi connectivity index (χ0n) is 11.5. The number of nitrogens with zero attached hydrogens (tertiary/aromatic N) is 2. The summed E-state index contributed by atoms with van der Waals surface area (Å²) >= 11 is 6.20. The molecule has 1 aromatic heterocycles. The molecule has 102 valence electrons. The third-order valence-corrected chi connectivity index (χ3v) is 5.86. The summed E-state index contributed by atoms with van der Waals surface area (Å²) in [4.78, 5) is 8.93. The Balaban J connectivity index is 1.57. The van der Waals surface area contributed by atoms with Crippen molar-refractivity contribution < 1.29 is 0 Å². The lowest BCUT2D eigenvalue weighted by Gasteiger charge is -2.14. The van der Waals surface area contributed by atoms with Crippen LogP contribution in [0.5, 0.6) is 0 Å². The van der Waals surface area contributed by atoms with Gasteiger partial charge in [0.15, 0.2) is 0 Å². The topological polar surface area (TPSA) is 37.8 Å². The minimum absolute atomic E-state index is 0.600. The highest BCUT2D eigenvalue weighted by Crippen LogP contribution is 2.66. The van der Waals surface area contributed by atoms with Crippen molar-refractivity contribution in [3.63, 3.8) is 0 Å². The molecule has 3 fully saturated rings. The number of hydrogen-bond donors (Lipinski definition) is 1. The lowest BCUT2D eigenvalue weighted by Crippen LogP contribution is -2.15. The highest BCUT2D eigenvalue weighted by Gasteiger charge is 2.65. The Labute approximate surface area is 119 Å². The Hall–Kier alpha value is -0.830. The molecule has 4 heteroatoms. The van der Waals surface area contributed by atoms with E-state index < -0.39 is 0 Å². The minimum Gasteiger partial charge on any atom is -0.366 e. The number of hydrogen-bond acceptors (Lipinski definition) is 3. The molecule has 3 aliphatic rings. The largest absolute Gasteiger partial charge is 0.366 e. The van der Waals surface area contributed by atoms with Crippen LogP contribution in [0.15, 0.2) is 0 Å². The molecule has 3 aliphatic carbocycles. The van der Waals surface area contributed by atoms with Gasteiger partial charge in [-0.3, -0.25) is 0 Å². The summed E-state index contributed by atoms with van der Waals surface area (Å²) in [6.45, 7) is 4.08. The second kappa shape index (κ2) is 4.08. The van der Waals surface area contributed by atoms with E-state index in [1.54, 1.807) is 0 Å². The lowest BCUT2D eigenvalue weighted by molar-refractivity contribution is 0.456. The Bertz CT molecular complexity index is 514. The van der Waals surface area contributed by atoms with E-state index in [1.807, 2.05) is 6.92 Å². The summed E-state index contributed by atoms with van der Waals surface area (Å²) < 4.78 is 0. The van der Waals surface area contributed by atoms with Crippen LogP contribution >= 0.6 is 11.6 Å². The van der Waals surface area contributed by atoms with Crippen LogP contribution in [0.1, 0.15) is 37.6 Å². The molecule has 1 N–H and O–H groups in total. The predicted molar refractivity (Wildman–Crippen MR) is 76.4 cm³/mol. The smallest absolute Gasteiger partial charge is 0.137 e. The molecule has 3 saturated carbocycles. The molecule has 1 heterocycles. The quantitative estimate of drug-likeness (QED) is 0.860.